The third kappa shape index (κ3) is 4.29. The largest absolute Gasteiger partial charge is 0.337 e. The summed E-state index contributed by atoms with van der Waals surface area (Å²) in [6.45, 7) is 3.18. The maximum Gasteiger partial charge on any atom is 0.320 e. The van der Waals surface area contributed by atoms with E-state index in [1.807, 2.05) is 25.9 Å². The Labute approximate surface area is 128 Å². The van der Waals surface area contributed by atoms with Crippen LogP contribution in [0.25, 0.3) is 5.69 Å². The SMILES string of the molecule is Cc1cc(NC(=O)NCCN(C)C)nn1-c1ccc(F)cc1. The van der Waals surface area contributed by atoms with Crippen LogP contribution in [0.15, 0.2) is 30.3 Å². The number of amides is 2. The first-order valence-electron chi connectivity index (χ1n) is 6.98. The maximum atomic E-state index is 13.0. The molecule has 2 N–H and O–H groups in total. The molecule has 0 saturated heterocycles. The summed E-state index contributed by atoms with van der Waals surface area (Å²) in [4.78, 5) is 13.7. The quantitative estimate of drug-likeness (QED) is 0.888. The number of nitrogens with one attached hydrogen (secondary N) is 2. The van der Waals surface area contributed by atoms with Crippen molar-refractivity contribution in [3.05, 3.63) is 41.8 Å². The summed E-state index contributed by atoms with van der Waals surface area (Å²) >= 11 is 0. The zero-order valence-electron chi connectivity index (χ0n) is 12.9. The molecule has 6 nitrogen and oxygen atoms in total. The number of carbonyl (C=O) groups excluding carboxylic acids is 1. The third-order valence-electron chi connectivity index (χ3n) is 3.04. The van der Waals surface area contributed by atoms with Gasteiger partial charge in [-0.3, -0.25) is 5.32 Å². The van der Waals surface area contributed by atoms with Gasteiger partial charge in [-0.1, -0.05) is 0 Å². The van der Waals surface area contributed by atoms with E-state index in [9.17, 15) is 9.18 Å². The molecular weight excluding hydrogens is 285 g/mol. The van der Waals surface area contributed by atoms with Gasteiger partial charge < -0.3 is 10.2 Å². The minimum absolute atomic E-state index is 0.299. The fraction of sp³-hybridized carbons (Fsp3) is 0.333. The second-order valence-corrected chi connectivity index (χ2v) is 5.24. The van der Waals surface area contributed by atoms with Gasteiger partial charge in [0.15, 0.2) is 5.82 Å². The van der Waals surface area contributed by atoms with Crippen LogP contribution in [0.1, 0.15) is 5.69 Å². The lowest BCUT2D eigenvalue weighted by molar-refractivity contribution is 0.250. The Kier molecular flexibility index (Phi) is 5.11. The Hall–Kier alpha value is -2.41. The van der Waals surface area contributed by atoms with Crippen LogP contribution in [0.2, 0.25) is 0 Å². The minimum Gasteiger partial charge on any atom is -0.337 e. The van der Waals surface area contributed by atoms with Crippen molar-refractivity contribution in [3.63, 3.8) is 0 Å². The van der Waals surface area contributed by atoms with E-state index in [1.165, 1.54) is 12.1 Å². The van der Waals surface area contributed by atoms with Crippen molar-refractivity contribution < 1.29 is 9.18 Å². The highest BCUT2D eigenvalue weighted by Crippen LogP contribution is 2.15. The van der Waals surface area contributed by atoms with E-state index >= 15 is 0 Å². The Balaban J connectivity index is 2.00. The van der Waals surface area contributed by atoms with Crippen molar-refractivity contribution >= 4 is 11.8 Å². The van der Waals surface area contributed by atoms with Crippen LogP contribution < -0.4 is 10.6 Å². The summed E-state index contributed by atoms with van der Waals surface area (Å²) in [6.07, 6.45) is 0. The predicted molar refractivity (Wildman–Crippen MR) is 83.8 cm³/mol. The smallest absolute Gasteiger partial charge is 0.320 e. The Morgan fingerprint density at radius 1 is 1.32 bits per heavy atom. The van der Waals surface area contributed by atoms with Gasteiger partial charge in [0.1, 0.15) is 5.82 Å². The number of benzene rings is 1. The fourth-order valence-electron chi connectivity index (χ4n) is 1.93. The summed E-state index contributed by atoms with van der Waals surface area (Å²) in [5.41, 5.74) is 1.58. The Morgan fingerprint density at radius 3 is 2.64 bits per heavy atom. The van der Waals surface area contributed by atoms with Crippen LogP contribution in [0.3, 0.4) is 0 Å². The summed E-state index contributed by atoms with van der Waals surface area (Å²) < 4.78 is 14.6. The molecule has 22 heavy (non-hydrogen) atoms. The van der Waals surface area contributed by atoms with Crippen LogP contribution in [-0.2, 0) is 0 Å². The van der Waals surface area contributed by atoms with Gasteiger partial charge in [0, 0.05) is 24.8 Å². The Bertz CT molecular complexity index is 636. The number of carbonyl (C=O) groups is 1. The van der Waals surface area contributed by atoms with Gasteiger partial charge in [-0.05, 0) is 45.3 Å². The zero-order valence-corrected chi connectivity index (χ0v) is 12.9. The molecule has 7 heteroatoms. The number of anilines is 1. The molecule has 118 valence electrons. The molecular formula is C15H20FN5O. The molecule has 1 aromatic carbocycles. The highest BCUT2D eigenvalue weighted by Gasteiger charge is 2.09. The second kappa shape index (κ2) is 7.04. The van der Waals surface area contributed by atoms with Crippen molar-refractivity contribution in [2.75, 3.05) is 32.5 Å². The van der Waals surface area contributed by atoms with Crippen LogP contribution in [0.4, 0.5) is 15.0 Å². The number of urea groups is 1. The molecule has 2 rings (SSSR count). The molecule has 0 aliphatic rings. The minimum atomic E-state index is -0.300. The fourth-order valence-corrected chi connectivity index (χ4v) is 1.93. The summed E-state index contributed by atoms with van der Waals surface area (Å²) in [5.74, 6) is 0.149. The van der Waals surface area contributed by atoms with E-state index in [0.29, 0.717) is 12.4 Å². The average Bonchev–Trinajstić information content (AvgIpc) is 2.80. The molecule has 0 aliphatic heterocycles. The molecule has 0 aliphatic carbocycles. The summed E-state index contributed by atoms with van der Waals surface area (Å²) in [7, 11) is 3.88. The zero-order chi connectivity index (χ0) is 16.1. The molecule has 0 fully saturated rings. The monoisotopic (exact) mass is 305 g/mol. The number of likely N-dealkylation sites (N-methyl/N-ethyl adjacent to an activating group) is 1. The van der Waals surface area contributed by atoms with Crippen LogP contribution in [0.5, 0.6) is 0 Å². The molecule has 0 radical (unpaired) electrons. The number of halogens is 1. The highest BCUT2D eigenvalue weighted by atomic mass is 19.1. The van der Waals surface area contributed by atoms with E-state index < -0.39 is 0 Å². The first-order valence-corrected chi connectivity index (χ1v) is 6.98. The van der Waals surface area contributed by atoms with Crippen LogP contribution in [0, 0.1) is 12.7 Å². The first kappa shape index (κ1) is 16.0. The number of nitrogens with zero attached hydrogens (tertiary/aromatic N) is 3. The standard InChI is InChI=1S/C15H20FN5O/c1-11-10-14(18-15(22)17-8-9-20(2)3)19-21(11)13-6-4-12(16)5-7-13/h4-7,10H,8-9H2,1-3H3,(H2,17,18,19,22). The van der Waals surface area contributed by atoms with Crippen LogP contribution >= 0.6 is 0 Å². The van der Waals surface area contributed by atoms with Crippen molar-refractivity contribution in [3.8, 4) is 5.69 Å². The summed E-state index contributed by atoms with van der Waals surface area (Å²) in [5, 5.41) is 9.74. The molecule has 2 amide bonds. The lowest BCUT2D eigenvalue weighted by Crippen LogP contribution is -2.34. The third-order valence-corrected chi connectivity index (χ3v) is 3.04. The molecule has 0 spiro atoms. The second-order valence-electron chi connectivity index (χ2n) is 5.24. The lowest BCUT2D eigenvalue weighted by Gasteiger charge is -2.10. The normalized spacial score (nSPS) is 10.8. The van der Waals surface area contributed by atoms with Crippen molar-refractivity contribution in [2.45, 2.75) is 6.92 Å². The Morgan fingerprint density at radius 2 is 2.00 bits per heavy atom. The van der Waals surface area contributed by atoms with E-state index in [4.69, 9.17) is 0 Å². The van der Waals surface area contributed by atoms with Crippen molar-refractivity contribution in [1.29, 1.82) is 0 Å². The number of rotatable bonds is 5. The van der Waals surface area contributed by atoms with Gasteiger partial charge in [-0.15, -0.1) is 5.10 Å². The number of aromatic nitrogens is 2. The van der Waals surface area contributed by atoms with Gasteiger partial charge in [0.2, 0.25) is 0 Å². The van der Waals surface area contributed by atoms with E-state index in [-0.39, 0.29) is 11.8 Å². The van der Waals surface area contributed by atoms with Gasteiger partial charge in [0.25, 0.3) is 0 Å². The molecule has 0 atom stereocenters. The maximum absolute atomic E-state index is 13.0. The topological polar surface area (TPSA) is 62.2 Å². The first-order chi connectivity index (χ1) is 10.5. The molecule has 0 unspecified atom stereocenters. The van der Waals surface area contributed by atoms with E-state index in [2.05, 4.69) is 15.7 Å². The summed E-state index contributed by atoms with van der Waals surface area (Å²) in [6, 6.07) is 7.47. The highest BCUT2D eigenvalue weighted by molar-refractivity contribution is 5.88. The van der Waals surface area contributed by atoms with Gasteiger partial charge >= 0.3 is 6.03 Å². The number of aryl methyl sites for hydroxylation is 1. The van der Waals surface area contributed by atoms with Crippen molar-refractivity contribution in [2.24, 2.45) is 0 Å². The number of hydrogen-bond acceptors (Lipinski definition) is 3. The van der Waals surface area contributed by atoms with Crippen LogP contribution in [-0.4, -0.2) is 47.9 Å². The van der Waals surface area contributed by atoms with Gasteiger partial charge in [0.05, 0.1) is 5.69 Å². The number of hydrogen-bond donors (Lipinski definition) is 2. The van der Waals surface area contributed by atoms with Crippen molar-refractivity contribution in [1.82, 2.24) is 20.0 Å². The van der Waals surface area contributed by atoms with Gasteiger partial charge in [-0.25, -0.2) is 13.9 Å². The molecule has 2 aromatic rings. The van der Waals surface area contributed by atoms with Gasteiger partial charge in [-0.2, -0.15) is 0 Å². The molecule has 0 bridgehead atoms. The molecule has 1 aromatic heterocycles. The molecule has 0 saturated carbocycles. The van der Waals surface area contributed by atoms with E-state index in [0.717, 1.165) is 17.9 Å². The average molecular weight is 305 g/mol. The molecule has 1 heterocycles. The predicted octanol–water partition coefficient (Wildman–Crippen LogP) is 2.00. The van der Waals surface area contributed by atoms with E-state index in [1.54, 1.807) is 22.9 Å². The lowest BCUT2D eigenvalue weighted by atomic mass is 10.3.